The molecule has 0 atom stereocenters. The number of carbonyl (C=O) groups excluding carboxylic acids is 1. The first-order valence-electron chi connectivity index (χ1n) is 4.00. The van der Waals surface area contributed by atoms with Crippen LogP contribution in [-0.2, 0) is 0 Å². The van der Waals surface area contributed by atoms with E-state index in [1.54, 1.807) is 5.38 Å². The molecule has 0 saturated carbocycles. The number of aldehydes is 1. The van der Waals surface area contributed by atoms with E-state index in [4.69, 9.17) is 0 Å². The third kappa shape index (κ3) is 1.31. The van der Waals surface area contributed by atoms with Crippen LogP contribution in [0.1, 0.15) is 10.4 Å². The number of hydrogen-bond acceptors (Lipinski definition) is 4. The molecule has 0 aliphatic rings. The standard InChI is InChI=1S/C10H8O2S2/c1-13-8-3-2-7-9(10(8)12)6(4-11)5-14-7/h2-5,12H,1H3. The maximum Gasteiger partial charge on any atom is 0.151 e. The molecule has 0 aliphatic heterocycles. The van der Waals surface area contributed by atoms with Gasteiger partial charge >= 0.3 is 0 Å². The number of phenolic OH excluding ortho intramolecular Hbond substituents is 1. The first kappa shape index (κ1) is 9.55. The van der Waals surface area contributed by atoms with E-state index in [2.05, 4.69) is 0 Å². The van der Waals surface area contributed by atoms with Crippen molar-refractivity contribution in [3.05, 3.63) is 23.1 Å². The third-order valence-electron chi connectivity index (χ3n) is 2.05. The summed E-state index contributed by atoms with van der Waals surface area (Å²) in [6.07, 6.45) is 2.68. The Labute approximate surface area is 89.6 Å². The fourth-order valence-electron chi connectivity index (χ4n) is 1.37. The number of aromatic hydroxyl groups is 1. The van der Waals surface area contributed by atoms with E-state index in [0.29, 0.717) is 10.9 Å². The lowest BCUT2D eigenvalue weighted by atomic mass is 10.2. The van der Waals surface area contributed by atoms with Crippen LogP contribution in [0.25, 0.3) is 10.1 Å². The van der Waals surface area contributed by atoms with Gasteiger partial charge in [-0.15, -0.1) is 23.1 Å². The molecule has 1 N–H and O–H groups in total. The summed E-state index contributed by atoms with van der Waals surface area (Å²) < 4.78 is 0.947. The van der Waals surface area contributed by atoms with Gasteiger partial charge in [-0.25, -0.2) is 0 Å². The second kappa shape index (κ2) is 3.63. The number of carbonyl (C=O) groups is 1. The second-order valence-electron chi connectivity index (χ2n) is 2.80. The normalized spacial score (nSPS) is 10.6. The Morgan fingerprint density at radius 2 is 2.29 bits per heavy atom. The highest BCUT2D eigenvalue weighted by Gasteiger charge is 2.11. The maximum atomic E-state index is 10.7. The van der Waals surface area contributed by atoms with Gasteiger partial charge in [-0.2, -0.15) is 0 Å². The van der Waals surface area contributed by atoms with Crippen molar-refractivity contribution in [1.29, 1.82) is 0 Å². The SMILES string of the molecule is CSc1ccc2scc(C=O)c2c1O. The molecule has 1 heterocycles. The van der Waals surface area contributed by atoms with E-state index >= 15 is 0 Å². The molecule has 1 aromatic heterocycles. The average Bonchev–Trinajstić information content (AvgIpc) is 2.62. The summed E-state index contributed by atoms with van der Waals surface area (Å²) in [6.45, 7) is 0. The van der Waals surface area contributed by atoms with Gasteiger partial charge in [0.15, 0.2) is 6.29 Å². The van der Waals surface area contributed by atoms with Crippen LogP contribution in [0.4, 0.5) is 0 Å². The van der Waals surface area contributed by atoms with E-state index in [1.165, 1.54) is 23.1 Å². The molecule has 1 aromatic carbocycles. The number of fused-ring (bicyclic) bond motifs is 1. The molecule has 0 bridgehead atoms. The Bertz CT molecular complexity index is 488. The van der Waals surface area contributed by atoms with Gasteiger partial charge in [0.05, 0.1) is 0 Å². The van der Waals surface area contributed by atoms with Gasteiger partial charge in [0.2, 0.25) is 0 Å². The highest BCUT2D eigenvalue weighted by molar-refractivity contribution is 7.98. The third-order valence-corrected chi connectivity index (χ3v) is 3.79. The summed E-state index contributed by atoms with van der Waals surface area (Å²) in [4.78, 5) is 11.5. The molecule has 14 heavy (non-hydrogen) atoms. The van der Waals surface area contributed by atoms with Gasteiger partial charge < -0.3 is 5.11 Å². The number of thiophene rings is 1. The predicted octanol–water partition coefficient (Wildman–Crippen LogP) is 3.14. The van der Waals surface area contributed by atoms with Crippen LogP contribution in [0.3, 0.4) is 0 Å². The summed E-state index contributed by atoms with van der Waals surface area (Å²) in [7, 11) is 0. The monoisotopic (exact) mass is 224 g/mol. The number of hydrogen-bond donors (Lipinski definition) is 1. The maximum absolute atomic E-state index is 10.7. The Kier molecular flexibility index (Phi) is 2.48. The molecule has 0 radical (unpaired) electrons. The van der Waals surface area contributed by atoms with E-state index in [0.717, 1.165) is 15.9 Å². The highest BCUT2D eigenvalue weighted by atomic mass is 32.2. The summed E-state index contributed by atoms with van der Waals surface area (Å²) >= 11 is 2.94. The van der Waals surface area contributed by atoms with Crippen LogP contribution < -0.4 is 0 Å². The largest absolute Gasteiger partial charge is 0.506 e. The molecule has 0 spiro atoms. The zero-order chi connectivity index (χ0) is 10.1. The number of thioether (sulfide) groups is 1. The molecular weight excluding hydrogens is 216 g/mol. The fraction of sp³-hybridized carbons (Fsp3) is 0.100. The van der Waals surface area contributed by atoms with Crippen LogP contribution >= 0.6 is 23.1 Å². The predicted molar refractivity (Wildman–Crippen MR) is 60.7 cm³/mol. The van der Waals surface area contributed by atoms with Crippen molar-refractivity contribution in [2.75, 3.05) is 6.26 Å². The van der Waals surface area contributed by atoms with E-state index < -0.39 is 0 Å². The van der Waals surface area contributed by atoms with E-state index in [-0.39, 0.29) is 5.75 Å². The lowest BCUT2D eigenvalue weighted by Crippen LogP contribution is -1.78. The highest BCUT2D eigenvalue weighted by Crippen LogP contribution is 2.38. The molecule has 0 fully saturated rings. The number of rotatable bonds is 2. The van der Waals surface area contributed by atoms with Crippen molar-refractivity contribution < 1.29 is 9.90 Å². The molecule has 4 heteroatoms. The van der Waals surface area contributed by atoms with E-state index in [1.807, 2.05) is 18.4 Å². The second-order valence-corrected chi connectivity index (χ2v) is 4.56. The van der Waals surface area contributed by atoms with Crippen molar-refractivity contribution in [2.45, 2.75) is 4.90 Å². The summed E-state index contributed by atoms with van der Waals surface area (Å²) in [6, 6.07) is 3.80. The van der Waals surface area contributed by atoms with Gasteiger partial charge in [0.1, 0.15) is 5.75 Å². The van der Waals surface area contributed by atoms with Crippen LogP contribution in [-0.4, -0.2) is 17.6 Å². The fourth-order valence-corrected chi connectivity index (χ4v) is 2.77. The van der Waals surface area contributed by atoms with E-state index in [9.17, 15) is 9.90 Å². The minimum Gasteiger partial charge on any atom is -0.506 e. The van der Waals surface area contributed by atoms with Crippen molar-refractivity contribution >= 4 is 39.5 Å². The molecule has 2 nitrogen and oxygen atoms in total. The molecule has 0 unspecified atom stereocenters. The number of benzene rings is 1. The van der Waals surface area contributed by atoms with Gasteiger partial charge in [-0.05, 0) is 18.4 Å². The molecule has 2 rings (SSSR count). The van der Waals surface area contributed by atoms with Crippen molar-refractivity contribution in [1.82, 2.24) is 0 Å². The summed E-state index contributed by atoms with van der Waals surface area (Å²) in [5, 5.41) is 12.3. The van der Waals surface area contributed by atoms with Gasteiger partial charge in [0.25, 0.3) is 0 Å². The van der Waals surface area contributed by atoms with Crippen LogP contribution in [0.2, 0.25) is 0 Å². The molecule has 0 saturated heterocycles. The summed E-state index contributed by atoms with van der Waals surface area (Å²) in [5.74, 6) is 0.221. The number of phenols is 1. The lowest BCUT2D eigenvalue weighted by molar-refractivity contribution is 0.112. The molecule has 72 valence electrons. The Morgan fingerprint density at radius 1 is 1.50 bits per heavy atom. The molecular formula is C10H8O2S2. The summed E-state index contributed by atoms with van der Waals surface area (Å²) in [5.41, 5.74) is 0.568. The lowest BCUT2D eigenvalue weighted by Gasteiger charge is -2.02. The van der Waals surface area contributed by atoms with Crippen LogP contribution in [0.5, 0.6) is 5.75 Å². The Morgan fingerprint density at radius 3 is 2.93 bits per heavy atom. The Hall–Kier alpha value is -1.00. The zero-order valence-electron chi connectivity index (χ0n) is 7.48. The topological polar surface area (TPSA) is 37.3 Å². The van der Waals surface area contributed by atoms with Gasteiger partial charge in [-0.3, -0.25) is 4.79 Å². The molecule has 2 aromatic rings. The van der Waals surface area contributed by atoms with Crippen molar-refractivity contribution in [3.63, 3.8) is 0 Å². The van der Waals surface area contributed by atoms with Crippen molar-refractivity contribution in [3.8, 4) is 5.75 Å². The van der Waals surface area contributed by atoms with Crippen LogP contribution in [0.15, 0.2) is 22.4 Å². The minimum atomic E-state index is 0.221. The van der Waals surface area contributed by atoms with Gasteiger partial charge in [0, 0.05) is 25.9 Å². The average molecular weight is 224 g/mol. The first-order chi connectivity index (χ1) is 6.77. The van der Waals surface area contributed by atoms with Crippen LogP contribution in [0, 0.1) is 0 Å². The minimum absolute atomic E-state index is 0.221. The molecule has 0 aliphatic carbocycles. The Balaban J connectivity index is 2.83. The zero-order valence-corrected chi connectivity index (χ0v) is 9.11. The quantitative estimate of drug-likeness (QED) is 0.629. The smallest absolute Gasteiger partial charge is 0.151 e. The first-order valence-corrected chi connectivity index (χ1v) is 6.10. The van der Waals surface area contributed by atoms with Crippen molar-refractivity contribution in [2.24, 2.45) is 0 Å². The molecule has 0 amide bonds. The van der Waals surface area contributed by atoms with Gasteiger partial charge in [-0.1, -0.05) is 0 Å².